The van der Waals surface area contributed by atoms with Crippen molar-refractivity contribution in [1.82, 2.24) is 4.57 Å². The highest BCUT2D eigenvalue weighted by Crippen LogP contribution is 1.95. The molecule has 0 saturated carbocycles. The molecule has 2 heteroatoms. The first-order chi connectivity index (χ1) is 4.34. The zero-order valence-corrected chi connectivity index (χ0v) is 5.96. The number of rotatable bonds is 2. The van der Waals surface area contributed by atoms with Crippen LogP contribution < -0.4 is 5.32 Å². The molecular weight excluding hydrogens is 112 g/mol. The first-order valence-electron chi connectivity index (χ1n) is 3.22. The van der Waals surface area contributed by atoms with E-state index in [1.165, 1.54) is 5.69 Å². The zero-order valence-electron chi connectivity index (χ0n) is 5.96. The van der Waals surface area contributed by atoms with E-state index in [4.69, 9.17) is 0 Å². The van der Waals surface area contributed by atoms with Crippen molar-refractivity contribution in [1.29, 1.82) is 0 Å². The minimum absolute atomic E-state index is 1.07. The van der Waals surface area contributed by atoms with E-state index in [0.717, 1.165) is 6.54 Å². The van der Waals surface area contributed by atoms with E-state index in [1.807, 2.05) is 0 Å². The number of hydrogen-bond donors (Lipinski definition) is 1. The highest BCUT2D eigenvalue weighted by Gasteiger charge is 1.94. The summed E-state index contributed by atoms with van der Waals surface area (Å²) in [6.07, 6.45) is 2.07. The molecule has 0 unspecified atom stereocenters. The molecule has 0 aliphatic heterocycles. The van der Waals surface area contributed by atoms with Gasteiger partial charge in [-0.15, -0.1) is 0 Å². The molecule has 1 aromatic rings. The highest BCUT2D eigenvalue weighted by atomic mass is 15.0. The van der Waals surface area contributed by atoms with E-state index in [0.29, 0.717) is 0 Å². The third-order valence-electron chi connectivity index (χ3n) is 1.46. The normalized spacial score (nSPS) is 10.0. The Labute approximate surface area is 55.5 Å². The van der Waals surface area contributed by atoms with Gasteiger partial charge in [-0.25, -0.2) is 0 Å². The fraction of sp³-hybridized carbons (Fsp3) is 0.429. The van der Waals surface area contributed by atoms with Crippen LogP contribution in [0.4, 0.5) is 0 Å². The van der Waals surface area contributed by atoms with E-state index >= 15 is 0 Å². The van der Waals surface area contributed by atoms with Gasteiger partial charge in [0.25, 0.3) is 0 Å². The van der Waals surface area contributed by atoms with Crippen molar-refractivity contribution < 1.29 is 5.32 Å². The Morgan fingerprint density at radius 3 is 2.89 bits per heavy atom. The molecule has 0 saturated heterocycles. The Kier molecular flexibility index (Phi) is 1.90. The van der Waals surface area contributed by atoms with Gasteiger partial charge in [0.2, 0.25) is 0 Å². The summed E-state index contributed by atoms with van der Waals surface area (Å²) in [7, 11) is 4.14. The van der Waals surface area contributed by atoms with E-state index < -0.39 is 0 Å². The van der Waals surface area contributed by atoms with Crippen molar-refractivity contribution in [2.45, 2.75) is 6.54 Å². The van der Waals surface area contributed by atoms with Gasteiger partial charge in [-0.3, -0.25) is 0 Å². The van der Waals surface area contributed by atoms with Crippen LogP contribution in [0.25, 0.3) is 0 Å². The molecule has 0 aliphatic carbocycles. The maximum Gasteiger partial charge on any atom is 0.116 e. The Morgan fingerprint density at radius 2 is 2.44 bits per heavy atom. The average Bonchev–Trinajstić information content (AvgIpc) is 2.18. The fourth-order valence-electron chi connectivity index (χ4n) is 0.918. The van der Waals surface area contributed by atoms with Gasteiger partial charge in [-0.1, -0.05) is 0 Å². The van der Waals surface area contributed by atoms with Gasteiger partial charge in [0.05, 0.1) is 12.7 Å². The van der Waals surface area contributed by atoms with Crippen LogP contribution in [0, 0.1) is 0 Å². The molecule has 2 N–H and O–H groups in total. The van der Waals surface area contributed by atoms with Crippen molar-refractivity contribution in [2.75, 3.05) is 7.05 Å². The Morgan fingerprint density at radius 1 is 1.67 bits per heavy atom. The third-order valence-corrected chi connectivity index (χ3v) is 1.46. The zero-order chi connectivity index (χ0) is 6.69. The number of quaternary nitrogens is 1. The quantitative estimate of drug-likeness (QED) is 0.561. The lowest BCUT2D eigenvalue weighted by molar-refractivity contribution is -0.644. The van der Waals surface area contributed by atoms with Gasteiger partial charge < -0.3 is 9.88 Å². The van der Waals surface area contributed by atoms with Gasteiger partial charge >= 0.3 is 0 Å². The van der Waals surface area contributed by atoms with Crippen LogP contribution in [0.15, 0.2) is 18.3 Å². The minimum atomic E-state index is 1.07. The summed E-state index contributed by atoms with van der Waals surface area (Å²) in [5.41, 5.74) is 1.37. The molecule has 0 atom stereocenters. The first-order valence-corrected chi connectivity index (χ1v) is 3.22. The van der Waals surface area contributed by atoms with Crippen LogP contribution in [0.2, 0.25) is 0 Å². The van der Waals surface area contributed by atoms with Crippen molar-refractivity contribution in [3.05, 3.63) is 24.0 Å². The molecule has 2 nitrogen and oxygen atoms in total. The summed E-state index contributed by atoms with van der Waals surface area (Å²) in [5, 5.41) is 2.16. The molecule has 0 bridgehead atoms. The molecule has 9 heavy (non-hydrogen) atoms. The van der Waals surface area contributed by atoms with Crippen LogP contribution in [0.1, 0.15) is 5.69 Å². The second-order valence-corrected chi connectivity index (χ2v) is 2.22. The summed E-state index contributed by atoms with van der Waals surface area (Å²) >= 11 is 0. The van der Waals surface area contributed by atoms with Gasteiger partial charge in [0.15, 0.2) is 0 Å². The van der Waals surface area contributed by atoms with Crippen LogP contribution in [0.5, 0.6) is 0 Å². The molecule has 1 heterocycles. The van der Waals surface area contributed by atoms with Gasteiger partial charge in [-0.05, 0) is 12.1 Å². The number of nitrogens with two attached hydrogens (primary N) is 1. The predicted molar refractivity (Wildman–Crippen MR) is 37.0 cm³/mol. The Balaban J connectivity index is 2.69. The molecule has 0 aromatic carbocycles. The van der Waals surface area contributed by atoms with Crippen LogP contribution >= 0.6 is 0 Å². The van der Waals surface area contributed by atoms with Gasteiger partial charge in [-0.2, -0.15) is 0 Å². The lowest BCUT2D eigenvalue weighted by Gasteiger charge is -1.97. The second kappa shape index (κ2) is 2.69. The van der Waals surface area contributed by atoms with E-state index in [-0.39, 0.29) is 0 Å². The van der Waals surface area contributed by atoms with Crippen LogP contribution in [-0.2, 0) is 13.6 Å². The molecule has 50 valence electrons. The second-order valence-electron chi connectivity index (χ2n) is 2.22. The predicted octanol–water partition coefficient (Wildman–Crippen LogP) is -0.282. The Bertz CT molecular complexity index is 179. The maximum absolute atomic E-state index is 2.16. The SMILES string of the molecule is C[NH2+]Cc1cccn1C. The molecule has 1 rings (SSSR count). The van der Waals surface area contributed by atoms with E-state index in [1.54, 1.807) is 0 Å². The van der Waals surface area contributed by atoms with Crippen molar-refractivity contribution in [2.24, 2.45) is 7.05 Å². The molecule has 0 fully saturated rings. The maximum atomic E-state index is 2.16. The monoisotopic (exact) mass is 125 g/mol. The number of hydrogen-bond acceptors (Lipinski definition) is 0. The van der Waals surface area contributed by atoms with Gasteiger partial charge in [0.1, 0.15) is 6.54 Å². The van der Waals surface area contributed by atoms with Crippen molar-refractivity contribution >= 4 is 0 Å². The third kappa shape index (κ3) is 1.33. The fourth-order valence-corrected chi connectivity index (χ4v) is 0.918. The van der Waals surface area contributed by atoms with Crippen molar-refractivity contribution in [3.8, 4) is 0 Å². The molecule has 0 aliphatic rings. The highest BCUT2D eigenvalue weighted by molar-refractivity contribution is 5.04. The smallest absolute Gasteiger partial charge is 0.116 e. The molecule has 0 spiro atoms. The standard InChI is InChI=1S/C7H12N2/c1-8-6-7-4-3-5-9(7)2/h3-5,8H,6H2,1-2H3/p+1. The van der Waals surface area contributed by atoms with Gasteiger partial charge in [0, 0.05) is 13.2 Å². The largest absolute Gasteiger partial charge is 0.350 e. The molecular formula is C7H13N2+. The summed E-state index contributed by atoms with van der Waals surface area (Å²) in [6, 6.07) is 4.21. The summed E-state index contributed by atoms with van der Waals surface area (Å²) in [5.74, 6) is 0. The van der Waals surface area contributed by atoms with Crippen molar-refractivity contribution in [3.63, 3.8) is 0 Å². The molecule has 0 radical (unpaired) electrons. The van der Waals surface area contributed by atoms with Crippen LogP contribution in [0.3, 0.4) is 0 Å². The summed E-state index contributed by atoms with van der Waals surface area (Å²) < 4.78 is 2.14. The molecule has 0 amide bonds. The summed E-state index contributed by atoms with van der Waals surface area (Å²) in [6.45, 7) is 1.07. The number of nitrogens with zero attached hydrogens (tertiary/aromatic N) is 1. The van der Waals surface area contributed by atoms with Crippen LogP contribution in [-0.4, -0.2) is 11.6 Å². The number of aromatic nitrogens is 1. The number of aryl methyl sites for hydroxylation is 1. The minimum Gasteiger partial charge on any atom is -0.350 e. The average molecular weight is 125 g/mol. The summed E-state index contributed by atoms with van der Waals surface area (Å²) in [4.78, 5) is 0. The lowest BCUT2D eigenvalue weighted by Crippen LogP contribution is -2.77. The first kappa shape index (κ1) is 6.36. The Hall–Kier alpha value is -0.760. The van der Waals surface area contributed by atoms with E-state index in [9.17, 15) is 0 Å². The topological polar surface area (TPSA) is 21.5 Å². The van der Waals surface area contributed by atoms with E-state index in [2.05, 4.69) is 42.3 Å². The lowest BCUT2D eigenvalue weighted by atomic mass is 10.4. The molecule has 1 aromatic heterocycles.